The number of anilines is 2. The van der Waals surface area contributed by atoms with Gasteiger partial charge in [0, 0.05) is 32.2 Å². The zero-order valence-corrected chi connectivity index (χ0v) is 13.3. The molecule has 0 aliphatic carbocycles. The van der Waals surface area contributed by atoms with Crippen molar-refractivity contribution < 1.29 is 0 Å². The Labute approximate surface area is 130 Å². The van der Waals surface area contributed by atoms with Gasteiger partial charge in [0.25, 0.3) is 0 Å². The lowest BCUT2D eigenvalue weighted by molar-refractivity contribution is 0.273. The SMILES string of the molecule is CCCNc1nc(Cl)nc(N2CCCN3CCCC3C2)n1. The van der Waals surface area contributed by atoms with Crippen LogP contribution in [0.2, 0.25) is 5.28 Å². The van der Waals surface area contributed by atoms with Gasteiger partial charge in [-0.1, -0.05) is 6.92 Å². The fourth-order valence-corrected chi connectivity index (χ4v) is 3.34. The van der Waals surface area contributed by atoms with Gasteiger partial charge < -0.3 is 10.2 Å². The molecule has 1 unspecified atom stereocenters. The van der Waals surface area contributed by atoms with Crippen molar-refractivity contribution >= 4 is 23.5 Å². The molecule has 21 heavy (non-hydrogen) atoms. The number of hydrogen-bond donors (Lipinski definition) is 1. The normalized spacial score (nSPS) is 23.0. The zero-order chi connectivity index (χ0) is 14.7. The molecule has 0 bridgehead atoms. The van der Waals surface area contributed by atoms with Crippen LogP contribution in [0.25, 0.3) is 0 Å². The van der Waals surface area contributed by atoms with Crippen LogP contribution in [-0.4, -0.2) is 58.6 Å². The van der Waals surface area contributed by atoms with Gasteiger partial charge in [-0.15, -0.1) is 0 Å². The monoisotopic (exact) mass is 310 g/mol. The quantitative estimate of drug-likeness (QED) is 0.918. The molecule has 3 rings (SSSR count). The van der Waals surface area contributed by atoms with Crippen LogP contribution < -0.4 is 10.2 Å². The predicted octanol–water partition coefficient (Wildman–Crippen LogP) is 2.02. The Morgan fingerprint density at radius 2 is 2.05 bits per heavy atom. The maximum absolute atomic E-state index is 6.06. The van der Waals surface area contributed by atoms with Gasteiger partial charge in [0.1, 0.15) is 0 Å². The lowest BCUT2D eigenvalue weighted by Crippen LogP contribution is -2.37. The number of nitrogens with zero attached hydrogens (tertiary/aromatic N) is 5. The molecule has 3 heterocycles. The first kappa shape index (κ1) is 14.8. The van der Waals surface area contributed by atoms with Crippen molar-refractivity contribution in [2.24, 2.45) is 0 Å². The lowest BCUT2D eigenvalue weighted by Gasteiger charge is -2.25. The van der Waals surface area contributed by atoms with Crippen molar-refractivity contribution in [3.05, 3.63) is 5.28 Å². The minimum Gasteiger partial charge on any atom is -0.354 e. The maximum Gasteiger partial charge on any atom is 0.231 e. The van der Waals surface area contributed by atoms with Gasteiger partial charge in [0.2, 0.25) is 17.2 Å². The third kappa shape index (κ3) is 3.55. The molecule has 2 aliphatic heterocycles. The second-order valence-corrected chi connectivity index (χ2v) is 6.12. The number of nitrogens with one attached hydrogen (secondary N) is 1. The van der Waals surface area contributed by atoms with E-state index in [-0.39, 0.29) is 5.28 Å². The Hall–Kier alpha value is -1.14. The van der Waals surface area contributed by atoms with E-state index >= 15 is 0 Å². The minimum absolute atomic E-state index is 0.270. The summed E-state index contributed by atoms with van der Waals surface area (Å²) in [7, 11) is 0. The Kier molecular flexibility index (Phi) is 4.75. The van der Waals surface area contributed by atoms with Gasteiger partial charge >= 0.3 is 0 Å². The number of fused-ring (bicyclic) bond motifs is 1. The Bertz CT molecular complexity index is 483. The Balaban J connectivity index is 1.76. The summed E-state index contributed by atoms with van der Waals surface area (Å²) in [6.07, 6.45) is 4.76. The molecule has 1 atom stereocenters. The van der Waals surface area contributed by atoms with E-state index < -0.39 is 0 Å². The second kappa shape index (κ2) is 6.75. The van der Waals surface area contributed by atoms with Crippen molar-refractivity contribution in [3.63, 3.8) is 0 Å². The van der Waals surface area contributed by atoms with Gasteiger partial charge in [-0.05, 0) is 43.8 Å². The third-order valence-electron chi connectivity index (χ3n) is 4.22. The van der Waals surface area contributed by atoms with Crippen LogP contribution in [0.5, 0.6) is 0 Å². The largest absolute Gasteiger partial charge is 0.354 e. The summed E-state index contributed by atoms with van der Waals surface area (Å²) in [6.45, 7) is 7.35. The molecular formula is C14H23ClN6. The van der Waals surface area contributed by atoms with Gasteiger partial charge in [-0.25, -0.2) is 0 Å². The van der Waals surface area contributed by atoms with E-state index in [2.05, 4.69) is 37.0 Å². The van der Waals surface area contributed by atoms with E-state index in [0.29, 0.717) is 17.9 Å². The van der Waals surface area contributed by atoms with Gasteiger partial charge in [0.05, 0.1) is 0 Å². The van der Waals surface area contributed by atoms with Gasteiger partial charge in [-0.2, -0.15) is 15.0 Å². The number of aromatic nitrogens is 3. The van der Waals surface area contributed by atoms with Crippen LogP contribution in [-0.2, 0) is 0 Å². The number of hydrogen-bond acceptors (Lipinski definition) is 6. The van der Waals surface area contributed by atoms with Gasteiger partial charge in [0.15, 0.2) is 0 Å². The first-order valence-corrected chi connectivity index (χ1v) is 8.28. The molecule has 0 radical (unpaired) electrons. The highest BCUT2D eigenvalue weighted by atomic mass is 35.5. The first-order valence-electron chi connectivity index (χ1n) is 7.90. The van der Waals surface area contributed by atoms with Crippen molar-refractivity contribution in [1.82, 2.24) is 19.9 Å². The third-order valence-corrected chi connectivity index (χ3v) is 4.38. The van der Waals surface area contributed by atoms with E-state index in [1.807, 2.05) is 0 Å². The zero-order valence-electron chi connectivity index (χ0n) is 12.6. The number of rotatable bonds is 4. The van der Waals surface area contributed by atoms with E-state index in [4.69, 9.17) is 11.6 Å². The molecule has 0 aromatic carbocycles. The summed E-state index contributed by atoms with van der Waals surface area (Å²) >= 11 is 6.06. The molecule has 2 fully saturated rings. The standard InChI is InChI=1S/C14H23ClN6/c1-2-6-16-13-17-12(15)18-14(19-13)21-9-4-8-20-7-3-5-11(20)10-21/h11H,2-10H2,1H3,(H,16,17,18,19). The fraction of sp³-hybridized carbons (Fsp3) is 0.786. The van der Waals surface area contributed by atoms with Crippen molar-refractivity contribution in [3.8, 4) is 0 Å². The smallest absolute Gasteiger partial charge is 0.231 e. The van der Waals surface area contributed by atoms with Crippen molar-refractivity contribution in [1.29, 1.82) is 0 Å². The molecule has 1 N–H and O–H groups in total. The molecule has 1 aromatic rings. The molecular weight excluding hydrogens is 288 g/mol. The summed E-state index contributed by atoms with van der Waals surface area (Å²) in [6, 6.07) is 0.634. The molecule has 7 heteroatoms. The molecule has 0 amide bonds. The van der Waals surface area contributed by atoms with Crippen molar-refractivity contribution in [2.75, 3.05) is 42.9 Å². The molecule has 0 saturated carbocycles. The highest BCUT2D eigenvalue weighted by molar-refractivity contribution is 6.28. The molecule has 0 spiro atoms. The average Bonchev–Trinajstić information content (AvgIpc) is 2.81. The summed E-state index contributed by atoms with van der Waals surface area (Å²) < 4.78 is 0. The lowest BCUT2D eigenvalue weighted by atomic mass is 10.2. The Morgan fingerprint density at radius 3 is 2.90 bits per heavy atom. The van der Waals surface area contributed by atoms with Crippen LogP contribution in [0.3, 0.4) is 0 Å². The number of halogens is 1. The minimum atomic E-state index is 0.270. The van der Waals surface area contributed by atoms with Gasteiger partial charge in [-0.3, -0.25) is 4.90 Å². The van der Waals surface area contributed by atoms with E-state index in [0.717, 1.165) is 32.5 Å². The summed E-state index contributed by atoms with van der Waals surface area (Å²) in [5.41, 5.74) is 0. The summed E-state index contributed by atoms with van der Waals surface area (Å²) in [5.74, 6) is 1.29. The molecule has 2 aliphatic rings. The fourth-order valence-electron chi connectivity index (χ4n) is 3.19. The topological polar surface area (TPSA) is 57.2 Å². The highest BCUT2D eigenvalue weighted by Crippen LogP contribution is 2.24. The van der Waals surface area contributed by atoms with Crippen LogP contribution in [0.4, 0.5) is 11.9 Å². The van der Waals surface area contributed by atoms with E-state index in [1.165, 1.54) is 25.9 Å². The van der Waals surface area contributed by atoms with E-state index in [9.17, 15) is 0 Å². The maximum atomic E-state index is 6.06. The molecule has 2 saturated heterocycles. The summed E-state index contributed by atoms with van der Waals surface area (Å²) in [4.78, 5) is 17.9. The predicted molar refractivity (Wildman–Crippen MR) is 85.0 cm³/mol. The molecule has 1 aromatic heterocycles. The average molecular weight is 311 g/mol. The van der Waals surface area contributed by atoms with Crippen LogP contribution in [0.1, 0.15) is 32.6 Å². The highest BCUT2D eigenvalue weighted by Gasteiger charge is 2.29. The summed E-state index contributed by atoms with van der Waals surface area (Å²) in [5, 5.41) is 3.46. The molecule has 116 valence electrons. The van der Waals surface area contributed by atoms with Crippen molar-refractivity contribution in [2.45, 2.75) is 38.6 Å². The van der Waals surface area contributed by atoms with Crippen LogP contribution in [0.15, 0.2) is 0 Å². The molecule has 6 nitrogen and oxygen atoms in total. The second-order valence-electron chi connectivity index (χ2n) is 5.79. The van der Waals surface area contributed by atoms with E-state index in [1.54, 1.807) is 0 Å². The Morgan fingerprint density at radius 1 is 1.19 bits per heavy atom. The van der Waals surface area contributed by atoms with Crippen LogP contribution >= 0.6 is 11.6 Å². The van der Waals surface area contributed by atoms with Crippen LogP contribution in [0, 0.1) is 0 Å². The first-order chi connectivity index (χ1) is 10.3.